The van der Waals surface area contributed by atoms with Crippen LogP contribution < -0.4 is 16.6 Å². The monoisotopic (exact) mass is 535 g/mol. The molecular formula is C32H26FN3O4. The van der Waals surface area contributed by atoms with Crippen LogP contribution in [0.5, 0.6) is 0 Å². The molecule has 1 aromatic heterocycles. The van der Waals surface area contributed by atoms with E-state index in [1.165, 1.54) is 28.8 Å². The quantitative estimate of drug-likeness (QED) is 0.297. The van der Waals surface area contributed by atoms with Crippen molar-refractivity contribution in [2.75, 3.05) is 0 Å². The molecule has 200 valence electrons. The molecule has 0 aliphatic heterocycles. The Hall–Kier alpha value is -5.11. The van der Waals surface area contributed by atoms with E-state index in [-0.39, 0.29) is 24.6 Å². The predicted octanol–water partition coefficient (Wildman–Crippen LogP) is 4.47. The Morgan fingerprint density at radius 1 is 0.750 bits per heavy atom. The summed E-state index contributed by atoms with van der Waals surface area (Å²) in [5, 5.41) is 3.18. The summed E-state index contributed by atoms with van der Waals surface area (Å²) in [7, 11) is 0. The van der Waals surface area contributed by atoms with Gasteiger partial charge in [0.1, 0.15) is 5.82 Å². The smallest absolute Gasteiger partial charge is 0.332 e. The lowest BCUT2D eigenvalue weighted by atomic mass is 10.1. The third-order valence-corrected chi connectivity index (χ3v) is 6.73. The molecule has 0 unspecified atom stereocenters. The number of nitrogens with one attached hydrogen (secondary N) is 1. The van der Waals surface area contributed by atoms with Gasteiger partial charge in [0.25, 0.3) is 11.5 Å². The van der Waals surface area contributed by atoms with Crippen LogP contribution in [0.2, 0.25) is 0 Å². The summed E-state index contributed by atoms with van der Waals surface area (Å²) >= 11 is 0. The number of fused-ring (bicyclic) bond motifs is 1. The highest BCUT2D eigenvalue weighted by Gasteiger charge is 2.17. The lowest BCUT2D eigenvalue weighted by Crippen LogP contribution is -2.41. The standard InChI is InChI=1S/C32H26FN3O4/c1-21-6-8-22(9-7-21)18-34-30(38)25-12-10-23(11-13-25)19-36-31(39)27-4-2-3-5-28(27)35(32(36)40)20-29(37)24-14-16-26(33)17-15-24/h2-17H,18-20H2,1H3,(H,34,38). The predicted molar refractivity (Wildman–Crippen MR) is 151 cm³/mol. The number of hydrogen-bond acceptors (Lipinski definition) is 4. The van der Waals surface area contributed by atoms with E-state index in [9.17, 15) is 23.6 Å². The van der Waals surface area contributed by atoms with Crippen molar-refractivity contribution in [3.05, 3.63) is 152 Å². The van der Waals surface area contributed by atoms with E-state index in [0.717, 1.165) is 15.7 Å². The number of para-hydroxylation sites is 1. The van der Waals surface area contributed by atoms with E-state index in [1.54, 1.807) is 48.5 Å². The molecule has 8 heteroatoms. The average molecular weight is 536 g/mol. The molecule has 0 atom stereocenters. The fourth-order valence-corrected chi connectivity index (χ4v) is 4.47. The fourth-order valence-electron chi connectivity index (χ4n) is 4.47. The minimum Gasteiger partial charge on any atom is -0.348 e. The second-order valence-electron chi connectivity index (χ2n) is 9.57. The highest BCUT2D eigenvalue weighted by atomic mass is 19.1. The molecule has 5 rings (SSSR count). The number of benzene rings is 4. The Labute approximate surface area is 229 Å². The van der Waals surface area contributed by atoms with Gasteiger partial charge in [-0.25, -0.2) is 9.18 Å². The van der Waals surface area contributed by atoms with Gasteiger partial charge in [-0.1, -0.05) is 54.1 Å². The molecule has 1 amide bonds. The Bertz CT molecular complexity index is 1820. The number of Topliss-reactive ketones (excluding diaryl/α,β-unsaturated/α-hetero) is 1. The molecule has 1 heterocycles. The van der Waals surface area contributed by atoms with Crippen LogP contribution in [0.1, 0.15) is 37.4 Å². The summed E-state index contributed by atoms with van der Waals surface area (Å²) in [6.45, 7) is 2.03. The molecule has 40 heavy (non-hydrogen) atoms. The molecule has 0 saturated carbocycles. The van der Waals surface area contributed by atoms with Crippen LogP contribution >= 0.6 is 0 Å². The molecular weight excluding hydrogens is 509 g/mol. The maximum atomic E-state index is 13.5. The highest BCUT2D eigenvalue weighted by molar-refractivity contribution is 5.96. The number of aromatic nitrogens is 2. The van der Waals surface area contributed by atoms with Gasteiger partial charge in [0.05, 0.1) is 24.0 Å². The van der Waals surface area contributed by atoms with Crippen LogP contribution in [0.4, 0.5) is 4.39 Å². The van der Waals surface area contributed by atoms with E-state index < -0.39 is 22.8 Å². The van der Waals surface area contributed by atoms with Crippen LogP contribution in [0, 0.1) is 12.7 Å². The van der Waals surface area contributed by atoms with Crippen molar-refractivity contribution in [3.63, 3.8) is 0 Å². The number of ketones is 1. The zero-order chi connectivity index (χ0) is 28.2. The molecule has 0 fully saturated rings. The topological polar surface area (TPSA) is 90.2 Å². The zero-order valence-electron chi connectivity index (χ0n) is 21.8. The summed E-state index contributed by atoms with van der Waals surface area (Å²) in [6, 6.07) is 26.2. The van der Waals surface area contributed by atoms with E-state index in [4.69, 9.17) is 0 Å². The van der Waals surface area contributed by atoms with E-state index in [2.05, 4.69) is 5.32 Å². The average Bonchev–Trinajstić information content (AvgIpc) is 2.97. The van der Waals surface area contributed by atoms with Crippen molar-refractivity contribution in [2.45, 2.75) is 26.6 Å². The van der Waals surface area contributed by atoms with Gasteiger partial charge in [-0.15, -0.1) is 0 Å². The minimum atomic E-state index is -0.640. The largest absolute Gasteiger partial charge is 0.348 e. The van der Waals surface area contributed by atoms with Crippen LogP contribution in [0.25, 0.3) is 10.9 Å². The summed E-state index contributed by atoms with van der Waals surface area (Å²) < 4.78 is 15.7. The van der Waals surface area contributed by atoms with Crippen LogP contribution in [0.15, 0.2) is 107 Å². The third kappa shape index (κ3) is 5.66. The van der Waals surface area contributed by atoms with Gasteiger partial charge in [-0.3, -0.25) is 23.5 Å². The zero-order valence-corrected chi connectivity index (χ0v) is 21.8. The van der Waals surface area contributed by atoms with Crippen molar-refractivity contribution in [3.8, 4) is 0 Å². The first-order valence-electron chi connectivity index (χ1n) is 12.7. The Balaban J connectivity index is 1.39. The van der Waals surface area contributed by atoms with Crippen molar-refractivity contribution in [2.24, 2.45) is 0 Å². The van der Waals surface area contributed by atoms with E-state index in [1.807, 2.05) is 31.2 Å². The Kier molecular flexibility index (Phi) is 7.50. The first-order valence-corrected chi connectivity index (χ1v) is 12.7. The van der Waals surface area contributed by atoms with Gasteiger partial charge < -0.3 is 5.32 Å². The first-order chi connectivity index (χ1) is 19.3. The normalized spacial score (nSPS) is 10.9. The maximum Gasteiger partial charge on any atom is 0.332 e. The van der Waals surface area contributed by atoms with Crippen LogP contribution in [0.3, 0.4) is 0 Å². The SMILES string of the molecule is Cc1ccc(CNC(=O)c2ccc(Cn3c(=O)c4ccccc4n(CC(=O)c4ccc(F)cc4)c3=O)cc2)cc1. The number of aryl methyl sites for hydroxylation is 1. The van der Waals surface area contributed by atoms with E-state index in [0.29, 0.717) is 28.6 Å². The molecule has 0 aliphatic carbocycles. The minimum absolute atomic E-state index is 0.0431. The number of carbonyl (C=O) groups is 2. The Morgan fingerprint density at radius 3 is 2.08 bits per heavy atom. The number of amides is 1. The van der Waals surface area contributed by atoms with Crippen molar-refractivity contribution < 1.29 is 14.0 Å². The molecule has 0 aliphatic rings. The van der Waals surface area contributed by atoms with Crippen molar-refractivity contribution in [1.29, 1.82) is 0 Å². The molecule has 1 N–H and O–H groups in total. The molecule has 0 radical (unpaired) electrons. The maximum absolute atomic E-state index is 13.5. The molecule has 0 spiro atoms. The molecule has 4 aromatic carbocycles. The second-order valence-corrected chi connectivity index (χ2v) is 9.57. The van der Waals surface area contributed by atoms with Gasteiger partial charge in [0.15, 0.2) is 5.78 Å². The van der Waals surface area contributed by atoms with Gasteiger partial charge in [0, 0.05) is 17.7 Å². The second kappa shape index (κ2) is 11.3. The lowest BCUT2D eigenvalue weighted by molar-refractivity contribution is 0.0948. The number of rotatable bonds is 8. The summed E-state index contributed by atoms with van der Waals surface area (Å²) in [5.41, 5.74) is 2.69. The van der Waals surface area contributed by atoms with Crippen molar-refractivity contribution >= 4 is 22.6 Å². The number of hydrogen-bond donors (Lipinski definition) is 1. The van der Waals surface area contributed by atoms with Gasteiger partial charge >= 0.3 is 5.69 Å². The van der Waals surface area contributed by atoms with Crippen LogP contribution in [-0.2, 0) is 19.6 Å². The first kappa shape index (κ1) is 26.5. The number of halogens is 1. The number of carbonyl (C=O) groups excluding carboxylic acids is 2. The van der Waals surface area contributed by atoms with Crippen molar-refractivity contribution in [1.82, 2.24) is 14.5 Å². The molecule has 7 nitrogen and oxygen atoms in total. The molecule has 5 aromatic rings. The fraction of sp³-hybridized carbons (Fsp3) is 0.125. The highest BCUT2D eigenvalue weighted by Crippen LogP contribution is 2.12. The lowest BCUT2D eigenvalue weighted by Gasteiger charge is -2.14. The number of nitrogens with zero attached hydrogens (tertiary/aromatic N) is 2. The summed E-state index contributed by atoms with van der Waals surface area (Å²) in [4.78, 5) is 52.3. The summed E-state index contributed by atoms with van der Waals surface area (Å²) in [5.74, 6) is -1.10. The van der Waals surface area contributed by atoms with E-state index >= 15 is 0 Å². The van der Waals surface area contributed by atoms with Gasteiger partial charge in [0.2, 0.25) is 0 Å². The molecule has 0 bridgehead atoms. The third-order valence-electron chi connectivity index (χ3n) is 6.73. The van der Waals surface area contributed by atoms with Crippen LogP contribution in [-0.4, -0.2) is 20.8 Å². The summed E-state index contributed by atoms with van der Waals surface area (Å²) in [6.07, 6.45) is 0. The Morgan fingerprint density at radius 2 is 1.38 bits per heavy atom. The molecule has 0 saturated heterocycles. The van der Waals surface area contributed by atoms with Gasteiger partial charge in [-0.2, -0.15) is 0 Å². The van der Waals surface area contributed by atoms with Gasteiger partial charge in [-0.05, 0) is 66.6 Å².